The van der Waals surface area contributed by atoms with Crippen LogP contribution in [0.3, 0.4) is 0 Å². The van der Waals surface area contributed by atoms with Crippen LogP contribution in [0.2, 0.25) is 0 Å². The van der Waals surface area contributed by atoms with E-state index in [2.05, 4.69) is 31.9 Å². The average Bonchev–Trinajstić information content (AvgIpc) is 2.26. The first-order valence-electron chi connectivity index (χ1n) is 4.83. The first-order chi connectivity index (χ1) is 7.27. The van der Waals surface area contributed by atoms with Crippen LogP contribution < -0.4 is 4.74 Å². The zero-order valence-corrected chi connectivity index (χ0v) is 11.8. The molecule has 4 heteroatoms. The summed E-state index contributed by atoms with van der Waals surface area (Å²) in [7, 11) is 0. The third kappa shape index (κ3) is 4.53. The van der Waals surface area contributed by atoms with Gasteiger partial charge in [-0.25, -0.2) is 0 Å². The van der Waals surface area contributed by atoms with E-state index >= 15 is 0 Å². The van der Waals surface area contributed by atoms with Crippen molar-refractivity contribution in [1.29, 1.82) is 0 Å². The fourth-order valence-electron chi connectivity index (χ4n) is 1.10. The quantitative estimate of drug-likeness (QED) is 0.581. The number of hydrogen-bond donors (Lipinski definition) is 0. The molecule has 0 unspecified atom stereocenters. The van der Waals surface area contributed by atoms with Gasteiger partial charge in [0.1, 0.15) is 12.4 Å². The van der Waals surface area contributed by atoms with Crippen molar-refractivity contribution in [2.75, 3.05) is 19.8 Å². The Morgan fingerprint density at radius 2 is 2.07 bits per heavy atom. The maximum absolute atomic E-state index is 5.55. The number of alkyl halides is 1. The lowest BCUT2D eigenvalue weighted by Crippen LogP contribution is -2.06. The lowest BCUT2D eigenvalue weighted by molar-refractivity contribution is 0.110. The van der Waals surface area contributed by atoms with Crippen LogP contribution in [-0.4, -0.2) is 19.8 Å². The van der Waals surface area contributed by atoms with Crippen molar-refractivity contribution in [3.05, 3.63) is 28.2 Å². The van der Waals surface area contributed by atoms with Gasteiger partial charge in [-0.3, -0.25) is 0 Å². The maximum Gasteiger partial charge on any atom is 0.133 e. The predicted molar refractivity (Wildman–Crippen MR) is 68.8 cm³/mol. The minimum atomic E-state index is 0.583. The normalized spacial score (nSPS) is 10.3. The Hall–Kier alpha value is -0.0600. The van der Waals surface area contributed by atoms with Gasteiger partial charge in [-0.2, -0.15) is 0 Å². The van der Waals surface area contributed by atoms with Crippen molar-refractivity contribution in [2.24, 2.45) is 0 Å². The highest BCUT2D eigenvalue weighted by Crippen LogP contribution is 2.26. The summed E-state index contributed by atoms with van der Waals surface area (Å²) in [6, 6.07) is 6.05. The summed E-state index contributed by atoms with van der Waals surface area (Å²) >= 11 is 6.88. The van der Waals surface area contributed by atoms with Crippen molar-refractivity contribution in [3.8, 4) is 5.75 Å². The van der Waals surface area contributed by atoms with Gasteiger partial charge in [0, 0.05) is 11.9 Å². The Labute approximate surface area is 107 Å². The summed E-state index contributed by atoms with van der Waals surface area (Å²) in [4.78, 5) is 0. The lowest BCUT2D eigenvalue weighted by Gasteiger charge is -2.08. The highest BCUT2D eigenvalue weighted by atomic mass is 79.9. The van der Waals surface area contributed by atoms with Gasteiger partial charge in [-0.1, -0.05) is 22.0 Å². The van der Waals surface area contributed by atoms with Gasteiger partial charge in [0.05, 0.1) is 11.1 Å². The third-order valence-electron chi connectivity index (χ3n) is 1.84. The van der Waals surface area contributed by atoms with Crippen molar-refractivity contribution in [1.82, 2.24) is 0 Å². The van der Waals surface area contributed by atoms with Crippen molar-refractivity contribution < 1.29 is 9.47 Å². The first-order valence-corrected chi connectivity index (χ1v) is 6.74. The molecule has 84 valence electrons. The lowest BCUT2D eigenvalue weighted by atomic mass is 10.2. The fraction of sp³-hybridized carbons (Fsp3) is 0.455. The van der Waals surface area contributed by atoms with Gasteiger partial charge in [-0.05, 0) is 40.5 Å². The minimum absolute atomic E-state index is 0.583. The van der Waals surface area contributed by atoms with Crippen molar-refractivity contribution >= 4 is 31.9 Å². The van der Waals surface area contributed by atoms with E-state index < -0.39 is 0 Å². The Morgan fingerprint density at radius 1 is 1.27 bits per heavy atom. The standard InChI is InChI=1S/C11H14Br2O2/c1-2-14-5-6-15-11-4-3-9(8-12)7-10(11)13/h3-4,7H,2,5-6,8H2,1H3. The van der Waals surface area contributed by atoms with E-state index in [0.29, 0.717) is 13.2 Å². The van der Waals surface area contributed by atoms with E-state index in [1.54, 1.807) is 0 Å². The molecule has 0 aliphatic heterocycles. The molecule has 0 spiro atoms. The molecule has 1 aromatic rings. The van der Waals surface area contributed by atoms with Crippen LogP contribution in [0.25, 0.3) is 0 Å². The number of ether oxygens (including phenoxy) is 2. The molecular formula is C11H14Br2O2. The van der Waals surface area contributed by atoms with E-state index in [1.807, 2.05) is 25.1 Å². The van der Waals surface area contributed by atoms with Gasteiger partial charge in [0.2, 0.25) is 0 Å². The summed E-state index contributed by atoms with van der Waals surface area (Å²) in [5.74, 6) is 0.861. The molecular weight excluding hydrogens is 324 g/mol. The summed E-state index contributed by atoms with van der Waals surface area (Å²) in [5.41, 5.74) is 1.22. The van der Waals surface area contributed by atoms with E-state index in [-0.39, 0.29) is 0 Å². The second-order valence-corrected chi connectivity index (χ2v) is 4.36. The Kier molecular flexibility index (Phi) is 6.29. The summed E-state index contributed by atoms with van der Waals surface area (Å²) in [5, 5.41) is 0.852. The zero-order chi connectivity index (χ0) is 11.1. The van der Waals surface area contributed by atoms with Crippen molar-refractivity contribution in [3.63, 3.8) is 0 Å². The molecule has 1 rings (SSSR count). The fourth-order valence-corrected chi connectivity index (χ4v) is 1.99. The molecule has 0 aliphatic carbocycles. The molecule has 15 heavy (non-hydrogen) atoms. The van der Waals surface area contributed by atoms with Crippen LogP contribution in [0.15, 0.2) is 22.7 Å². The molecule has 0 aliphatic rings. The molecule has 2 nitrogen and oxygen atoms in total. The molecule has 0 heterocycles. The van der Waals surface area contributed by atoms with Crippen molar-refractivity contribution in [2.45, 2.75) is 12.3 Å². The van der Waals surface area contributed by atoms with Gasteiger partial charge >= 0.3 is 0 Å². The van der Waals surface area contributed by atoms with E-state index in [1.165, 1.54) is 5.56 Å². The topological polar surface area (TPSA) is 18.5 Å². The molecule has 0 aromatic heterocycles. The van der Waals surface area contributed by atoms with Gasteiger partial charge in [0.15, 0.2) is 0 Å². The van der Waals surface area contributed by atoms with Crippen LogP contribution in [0.4, 0.5) is 0 Å². The number of rotatable bonds is 6. The second-order valence-electron chi connectivity index (χ2n) is 2.94. The molecule has 0 fully saturated rings. The summed E-state index contributed by atoms with van der Waals surface area (Å²) in [6.45, 7) is 3.91. The highest BCUT2D eigenvalue weighted by Gasteiger charge is 2.01. The predicted octanol–water partition coefficient (Wildman–Crippen LogP) is 3.76. The van der Waals surface area contributed by atoms with Crippen LogP contribution >= 0.6 is 31.9 Å². The SMILES string of the molecule is CCOCCOc1ccc(CBr)cc1Br. The minimum Gasteiger partial charge on any atom is -0.490 e. The average molecular weight is 338 g/mol. The number of halogens is 2. The summed E-state index contributed by atoms with van der Waals surface area (Å²) in [6.07, 6.45) is 0. The van der Waals surface area contributed by atoms with Crippen LogP contribution in [0.5, 0.6) is 5.75 Å². The smallest absolute Gasteiger partial charge is 0.133 e. The molecule has 0 saturated heterocycles. The number of benzene rings is 1. The molecule has 0 N–H and O–H groups in total. The van der Waals surface area contributed by atoms with Gasteiger partial charge < -0.3 is 9.47 Å². The van der Waals surface area contributed by atoms with E-state index in [9.17, 15) is 0 Å². The first kappa shape index (κ1) is 13.0. The molecule has 0 saturated carbocycles. The Balaban J connectivity index is 2.47. The van der Waals surface area contributed by atoms with Gasteiger partial charge in [0.25, 0.3) is 0 Å². The van der Waals surface area contributed by atoms with Crippen LogP contribution in [0.1, 0.15) is 12.5 Å². The molecule has 1 aromatic carbocycles. The zero-order valence-electron chi connectivity index (χ0n) is 8.63. The van der Waals surface area contributed by atoms with Gasteiger partial charge in [-0.15, -0.1) is 0 Å². The largest absolute Gasteiger partial charge is 0.490 e. The Bertz CT molecular complexity index is 303. The van der Waals surface area contributed by atoms with Crippen LogP contribution in [-0.2, 0) is 10.1 Å². The summed E-state index contributed by atoms with van der Waals surface area (Å²) < 4.78 is 11.7. The third-order valence-corrected chi connectivity index (χ3v) is 3.11. The van der Waals surface area contributed by atoms with E-state index in [4.69, 9.17) is 9.47 Å². The molecule has 0 radical (unpaired) electrons. The maximum atomic E-state index is 5.55. The molecule has 0 amide bonds. The van der Waals surface area contributed by atoms with E-state index in [0.717, 1.165) is 22.2 Å². The molecule has 0 bridgehead atoms. The number of hydrogen-bond acceptors (Lipinski definition) is 2. The molecule has 0 atom stereocenters. The Morgan fingerprint density at radius 3 is 2.67 bits per heavy atom. The van der Waals surface area contributed by atoms with Crippen LogP contribution in [0, 0.1) is 0 Å². The monoisotopic (exact) mass is 336 g/mol. The second kappa shape index (κ2) is 7.25. The highest BCUT2D eigenvalue weighted by molar-refractivity contribution is 9.10.